The maximum atomic E-state index is 11.7. The van der Waals surface area contributed by atoms with Crippen LogP contribution in [0.25, 0.3) is 0 Å². The molecule has 0 unspecified atom stereocenters. The van der Waals surface area contributed by atoms with E-state index in [4.69, 9.17) is 4.74 Å². The van der Waals surface area contributed by atoms with Crippen LogP contribution in [-0.2, 0) is 7.05 Å². The van der Waals surface area contributed by atoms with Gasteiger partial charge in [-0.2, -0.15) is 0 Å². The molecule has 0 amide bonds. The predicted octanol–water partition coefficient (Wildman–Crippen LogP) is 0.124. The minimum Gasteiger partial charge on any atom is -0.488 e. The van der Waals surface area contributed by atoms with Gasteiger partial charge in [0, 0.05) is 13.2 Å². The van der Waals surface area contributed by atoms with E-state index < -0.39 is 10.9 Å². The third kappa shape index (κ3) is 1.81. The third-order valence-electron chi connectivity index (χ3n) is 2.54. The summed E-state index contributed by atoms with van der Waals surface area (Å²) < 4.78 is 6.42. The summed E-state index contributed by atoms with van der Waals surface area (Å²) >= 11 is 0. The minimum atomic E-state index is -0.663. The van der Waals surface area contributed by atoms with Crippen molar-refractivity contribution in [1.82, 2.24) is 4.57 Å². The maximum absolute atomic E-state index is 11.7. The Hall–Kier alpha value is -2.37. The van der Waals surface area contributed by atoms with Crippen molar-refractivity contribution in [3.8, 4) is 5.75 Å². The van der Waals surface area contributed by atoms with E-state index in [-0.39, 0.29) is 29.3 Å². The molecule has 1 heterocycles. The summed E-state index contributed by atoms with van der Waals surface area (Å²) in [6.45, 7) is 1.99. The highest BCUT2D eigenvalue weighted by Crippen LogP contribution is 2.20. The van der Waals surface area contributed by atoms with Crippen molar-refractivity contribution in [3.05, 3.63) is 49.1 Å². The Kier molecular flexibility index (Phi) is 3.01. The third-order valence-corrected chi connectivity index (χ3v) is 2.54. The van der Waals surface area contributed by atoms with E-state index >= 15 is 0 Å². The molecule has 2 aromatic rings. The number of ether oxygens (including phenoxy) is 1. The first kappa shape index (κ1) is 12.1. The molecule has 0 spiro atoms. The van der Waals surface area contributed by atoms with Crippen LogP contribution in [0.3, 0.4) is 0 Å². The van der Waals surface area contributed by atoms with Gasteiger partial charge in [-0.25, -0.2) is 0 Å². The summed E-state index contributed by atoms with van der Waals surface area (Å²) in [4.78, 5) is 34.4. The van der Waals surface area contributed by atoms with Crippen molar-refractivity contribution < 1.29 is 4.74 Å². The normalized spacial score (nSPS) is 10.6. The van der Waals surface area contributed by atoms with Crippen LogP contribution in [0, 0.1) is 0 Å². The highest BCUT2D eigenvalue weighted by molar-refractivity contribution is 5.69. The van der Waals surface area contributed by atoms with Gasteiger partial charge in [0.1, 0.15) is 11.4 Å². The molecule has 0 atom stereocenters. The Morgan fingerprint density at radius 3 is 2.67 bits per heavy atom. The molecular formula is C12H12N2O4. The minimum absolute atomic E-state index is 0.00611. The fourth-order valence-corrected chi connectivity index (χ4v) is 1.59. The summed E-state index contributed by atoms with van der Waals surface area (Å²) in [6, 6.07) is 3.20. The molecule has 6 heteroatoms. The molecule has 6 nitrogen and oxygen atoms in total. The lowest BCUT2D eigenvalue weighted by atomic mass is 10.2. The summed E-state index contributed by atoms with van der Waals surface area (Å²) in [5.41, 5.74) is -1.33. The fourth-order valence-electron chi connectivity index (χ4n) is 1.59. The maximum Gasteiger partial charge on any atom is 0.273 e. The molecule has 18 heavy (non-hydrogen) atoms. The zero-order chi connectivity index (χ0) is 13.3. The second kappa shape index (κ2) is 4.48. The van der Waals surface area contributed by atoms with Gasteiger partial charge in [-0.15, -0.1) is 0 Å². The lowest BCUT2D eigenvalue weighted by molar-refractivity contribution is 0.335. The number of nitrogens with zero attached hydrogens (tertiary/aromatic N) is 1. The average Bonchev–Trinajstić information content (AvgIpc) is 2.38. The molecule has 0 aliphatic heterocycles. The van der Waals surface area contributed by atoms with Crippen LogP contribution in [0.15, 0.2) is 32.7 Å². The van der Waals surface area contributed by atoms with E-state index in [9.17, 15) is 14.4 Å². The number of hydrogen-bond acceptors (Lipinski definition) is 5. The number of hydrogen-bond donors (Lipinski definition) is 1. The molecule has 0 saturated carbocycles. The Bertz CT molecular complexity index is 707. The first-order valence-electron chi connectivity index (χ1n) is 5.45. The molecule has 1 N–H and O–H groups in total. The van der Waals surface area contributed by atoms with Crippen LogP contribution in [0.2, 0.25) is 0 Å². The van der Waals surface area contributed by atoms with E-state index in [1.807, 2.05) is 0 Å². The molecule has 0 fully saturated rings. The van der Waals surface area contributed by atoms with E-state index in [2.05, 4.69) is 5.32 Å². The standard InChI is InChI=1S/C12H12N2O4/c1-3-18-11-8(9(15)10(11)16)13-7-5-4-6-14(2)12(7)17/h4-6,13H,3H2,1-2H3. The Morgan fingerprint density at radius 1 is 1.28 bits per heavy atom. The van der Waals surface area contributed by atoms with E-state index in [1.165, 1.54) is 10.6 Å². The number of aromatic nitrogens is 1. The number of rotatable bonds is 4. The van der Waals surface area contributed by atoms with E-state index in [1.54, 1.807) is 26.2 Å². The molecule has 0 aliphatic rings. The van der Waals surface area contributed by atoms with Gasteiger partial charge in [-0.05, 0) is 19.1 Å². The molecule has 2 rings (SSSR count). The highest BCUT2D eigenvalue weighted by Gasteiger charge is 2.23. The lowest BCUT2D eigenvalue weighted by Crippen LogP contribution is -2.36. The summed E-state index contributed by atoms with van der Waals surface area (Å²) in [6.07, 6.45) is 1.60. The van der Waals surface area contributed by atoms with Gasteiger partial charge in [-0.1, -0.05) is 0 Å². The van der Waals surface area contributed by atoms with Crippen LogP contribution in [0.4, 0.5) is 11.4 Å². The van der Waals surface area contributed by atoms with Gasteiger partial charge < -0.3 is 14.6 Å². The van der Waals surface area contributed by atoms with Crippen LogP contribution in [-0.4, -0.2) is 11.2 Å². The fraction of sp³-hybridized carbons (Fsp3) is 0.250. The average molecular weight is 248 g/mol. The summed E-state index contributed by atoms with van der Waals surface area (Å²) in [5.74, 6) is -0.00611. The molecule has 0 aliphatic carbocycles. The molecule has 0 saturated heterocycles. The van der Waals surface area contributed by atoms with Crippen molar-refractivity contribution in [2.45, 2.75) is 6.92 Å². The van der Waals surface area contributed by atoms with Crippen molar-refractivity contribution in [1.29, 1.82) is 0 Å². The largest absolute Gasteiger partial charge is 0.488 e. The molecule has 0 bridgehead atoms. The van der Waals surface area contributed by atoms with Gasteiger partial charge in [0.25, 0.3) is 16.4 Å². The van der Waals surface area contributed by atoms with E-state index in [0.717, 1.165) is 0 Å². The topological polar surface area (TPSA) is 77.4 Å². The number of pyridine rings is 1. The Balaban J connectivity index is 2.39. The van der Waals surface area contributed by atoms with Gasteiger partial charge in [0.2, 0.25) is 0 Å². The summed E-state index contributed by atoms with van der Waals surface area (Å²) in [5, 5.41) is 2.65. The van der Waals surface area contributed by atoms with Gasteiger partial charge in [0.05, 0.1) is 6.61 Å². The van der Waals surface area contributed by atoms with Gasteiger partial charge >= 0.3 is 0 Å². The SMILES string of the molecule is CCOc1c(Nc2cccn(C)c2=O)c(=O)c1=O. The van der Waals surface area contributed by atoms with Gasteiger partial charge in [0.15, 0.2) is 5.75 Å². The Labute approximate surface area is 102 Å². The Morgan fingerprint density at radius 2 is 2.00 bits per heavy atom. The molecular weight excluding hydrogens is 236 g/mol. The first-order chi connectivity index (χ1) is 8.56. The second-order valence-electron chi connectivity index (χ2n) is 3.76. The molecule has 1 aromatic carbocycles. The second-order valence-corrected chi connectivity index (χ2v) is 3.76. The van der Waals surface area contributed by atoms with Crippen LogP contribution in [0.5, 0.6) is 5.75 Å². The highest BCUT2D eigenvalue weighted by atomic mass is 16.5. The first-order valence-corrected chi connectivity index (χ1v) is 5.45. The van der Waals surface area contributed by atoms with Crippen molar-refractivity contribution in [3.63, 3.8) is 0 Å². The smallest absolute Gasteiger partial charge is 0.273 e. The number of nitrogens with one attached hydrogen (secondary N) is 1. The van der Waals surface area contributed by atoms with Crippen LogP contribution < -0.4 is 26.5 Å². The monoisotopic (exact) mass is 248 g/mol. The number of aryl methyl sites for hydroxylation is 1. The zero-order valence-electron chi connectivity index (χ0n) is 10.0. The summed E-state index contributed by atoms with van der Waals surface area (Å²) in [7, 11) is 1.60. The molecule has 0 radical (unpaired) electrons. The quantitative estimate of drug-likeness (QED) is 0.778. The number of anilines is 2. The van der Waals surface area contributed by atoms with Crippen molar-refractivity contribution in [2.24, 2.45) is 7.05 Å². The van der Waals surface area contributed by atoms with Crippen LogP contribution in [0.1, 0.15) is 6.92 Å². The van der Waals surface area contributed by atoms with Crippen molar-refractivity contribution in [2.75, 3.05) is 11.9 Å². The predicted molar refractivity (Wildman–Crippen MR) is 67.5 cm³/mol. The lowest BCUT2D eigenvalue weighted by Gasteiger charge is -2.12. The van der Waals surface area contributed by atoms with Crippen LogP contribution >= 0.6 is 0 Å². The van der Waals surface area contributed by atoms with Crippen molar-refractivity contribution >= 4 is 11.4 Å². The van der Waals surface area contributed by atoms with E-state index in [0.29, 0.717) is 0 Å². The zero-order valence-corrected chi connectivity index (χ0v) is 10.0. The molecule has 1 aromatic heterocycles. The van der Waals surface area contributed by atoms with Gasteiger partial charge in [-0.3, -0.25) is 14.4 Å². The molecule has 94 valence electrons.